The summed E-state index contributed by atoms with van der Waals surface area (Å²) < 4.78 is 32.2. The summed E-state index contributed by atoms with van der Waals surface area (Å²) in [5.41, 5.74) is 6.51. The van der Waals surface area contributed by atoms with E-state index in [-0.39, 0.29) is 17.1 Å². The zero-order valence-electron chi connectivity index (χ0n) is 11.7. The number of aryl methyl sites for hydroxylation is 2. The fourth-order valence-electron chi connectivity index (χ4n) is 1.75. The van der Waals surface area contributed by atoms with E-state index < -0.39 is 10.0 Å². The minimum absolute atomic E-state index is 0.0239. The second-order valence-electron chi connectivity index (χ2n) is 4.54. The summed E-state index contributed by atoms with van der Waals surface area (Å²) in [6, 6.07) is 2.79. The SMILES string of the molecule is CCc1cnc(CNS(=O)(=O)c2cc(C)c(Cl)c(N)c2)o1. The summed E-state index contributed by atoms with van der Waals surface area (Å²) in [5.74, 6) is 1.02. The molecule has 114 valence electrons. The molecule has 0 fully saturated rings. The van der Waals surface area contributed by atoms with Crippen molar-refractivity contribution < 1.29 is 12.8 Å². The summed E-state index contributed by atoms with van der Waals surface area (Å²) in [7, 11) is -3.71. The van der Waals surface area contributed by atoms with Gasteiger partial charge in [-0.25, -0.2) is 18.1 Å². The van der Waals surface area contributed by atoms with Gasteiger partial charge < -0.3 is 10.2 Å². The topological polar surface area (TPSA) is 98.2 Å². The Morgan fingerprint density at radius 1 is 1.43 bits per heavy atom. The number of nitrogen functional groups attached to an aromatic ring is 1. The Balaban J connectivity index is 2.18. The molecule has 1 aromatic carbocycles. The van der Waals surface area contributed by atoms with Crippen molar-refractivity contribution >= 4 is 27.3 Å². The third-order valence-corrected chi connectivity index (χ3v) is 4.83. The highest BCUT2D eigenvalue weighted by Crippen LogP contribution is 2.26. The Morgan fingerprint density at radius 2 is 2.14 bits per heavy atom. The van der Waals surface area contributed by atoms with Crippen molar-refractivity contribution in [2.24, 2.45) is 0 Å². The zero-order valence-corrected chi connectivity index (χ0v) is 13.3. The van der Waals surface area contributed by atoms with Crippen molar-refractivity contribution in [3.63, 3.8) is 0 Å². The van der Waals surface area contributed by atoms with E-state index in [0.717, 1.165) is 0 Å². The van der Waals surface area contributed by atoms with Gasteiger partial charge in [0, 0.05) is 6.42 Å². The first-order chi connectivity index (χ1) is 9.83. The number of halogens is 1. The number of anilines is 1. The number of rotatable bonds is 5. The van der Waals surface area contributed by atoms with E-state index in [1.807, 2.05) is 6.92 Å². The lowest BCUT2D eigenvalue weighted by atomic mass is 10.2. The first-order valence-corrected chi connectivity index (χ1v) is 8.18. The molecule has 2 aromatic rings. The maximum atomic E-state index is 12.2. The average Bonchev–Trinajstić information content (AvgIpc) is 2.90. The van der Waals surface area contributed by atoms with Crippen LogP contribution in [0.2, 0.25) is 5.02 Å². The van der Waals surface area contributed by atoms with Crippen molar-refractivity contribution in [1.29, 1.82) is 0 Å². The third kappa shape index (κ3) is 3.55. The molecule has 0 atom stereocenters. The van der Waals surface area contributed by atoms with Gasteiger partial charge in [-0.15, -0.1) is 0 Å². The molecule has 0 aliphatic heterocycles. The maximum Gasteiger partial charge on any atom is 0.241 e. The molecular formula is C13H16ClN3O3S. The molecule has 3 N–H and O–H groups in total. The predicted octanol–water partition coefficient (Wildman–Crippen LogP) is 2.26. The van der Waals surface area contributed by atoms with E-state index in [9.17, 15) is 8.42 Å². The van der Waals surface area contributed by atoms with Gasteiger partial charge in [0.2, 0.25) is 15.9 Å². The summed E-state index contributed by atoms with van der Waals surface area (Å²) >= 11 is 5.93. The van der Waals surface area contributed by atoms with E-state index in [0.29, 0.717) is 28.7 Å². The number of nitrogens with zero attached hydrogens (tertiary/aromatic N) is 1. The maximum absolute atomic E-state index is 12.2. The quantitative estimate of drug-likeness (QED) is 0.820. The number of sulfonamides is 1. The molecule has 1 aromatic heterocycles. The molecule has 0 bridgehead atoms. The smallest absolute Gasteiger partial charge is 0.241 e. The minimum atomic E-state index is -3.71. The van der Waals surface area contributed by atoms with Crippen molar-refractivity contribution in [3.05, 3.63) is 40.6 Å². The largest absolute Gasteiger partial charge is 0.444 e. The van der Waals surface area contributed by atoms with Crippen LogP contribution in [-0.2, 0) is 23.0 Å². The van der Waals surface area contributed by atoms with Gasteiger partial charge in [-0.1, -0.05) is 18.5 Å². The van der Waals surface area contributed by atoms with Crippen molar-refractivity contribution in [2.45, 2.75) is 31.7 Å². The molecule has 8 heteroatoms. The Hall–Kier alpha value is -1.57. The Morgan fingerprint density at radius 3 is 2.71 bits per heavy atom. The minimum Gasteiger partial charge on any atom is -0.444 e. The summed E-state index contributed by atoms with van der Waals surface area (Å²) in [4.78, 5) is 4.05. The summed E-state index contributed by atoms with van der Waals surface area (Å²) in [6.45, 7) is 3.59. The fourth-order valence-corrected chi connectivity index (χ4v) is 2.95. The van der Waals surface area contributed by atoms with E-state index in [2.05, 4.69) is 9.71 Å². The highest BCUT2D eigenvalue weighted by atomic mass is 35.5. The van der Waals surface area contributed by atoms with Gasteiger partial charge in [-0.05, 0) is 24.6 Å². The van der Waals surface area contributed by atoms with E-state index in [4.69, 9.17) is 21.8 Å². The number of oxazole rings is 1. The summed E-state index contributed by atoms with van der Waals surface area (Å²) in [5, 5.41) is 0.356. The number of aromatic nitrogens is 1. The Labute approximate surface area is 128 Å². The Kier molecular flexibility index (Phi) is 4.55. The number of benzene rings is 1. The second-order valence-corrected chi connectivity index (χ2v) is 6.69. The lowest BCUT2D eigenvalue weighted by Gasteiger charge is -2.09. The highest BCUT2D eigenvalue weighted by Gasteiger charge is 2.17. The van der Waals surface area contributed by atoms with E-state index >= 15 is 0 Å². The molecule has 1 heterocycles. The molecule has 0 spiro atoms. The van der Waals surface area contributed by atoms with Crippen LogP contribution in [0.1, 0.15) is 24.1 Å². The van der Waals surface area contributed by atoms with E-state index in [1.165, 1.54) is 12.1 Å². The lowest BCUT2D eigenvalue weighted by Crippen LogP contribution is -2.23. The molecule has 0 unspecified atom stereocenters. The van der Waals surface area contributed by atoms with Gasteiger partial charge in [0.05, 0.1) is 28.3 Å². The molecule has 0 saturated heterocycles. The molecule has 2 rings (SSSR count). The van der Waals surface area contributed by atoms with Crippen molar-refractivity contribution in [3.8, 4) is 0 Å². The monoisotopic (exact) mass is 329 g/mol. The molecular weight excluding hydrogens is 314 g/mol. The van der Waals surface area contributed by atoms with Crippen LogP contribution in [0.15, 0.2) is 27.6 Å². The first kappa shape index (κ1) is 15.8. The van der Waals surface area contributed by atoms with Crippen LogP contribution < -0.4 is 10.5 Å². The van der Waals surface area contributed by atoms with Gasteiger partial charge in [0.25, 0.3) is 0 Å². The normalized spacial score (nSPS) is 11.8. The van der Waals surface area contributed by atoms with Gasteiger partial charge in [-0.3, -0.25) is 0 Å². The van der Waals surface area contributed by atoms with Crippen LogP contribution in [0, 0.1) is 6.92 Å². The third-order valence-electron chi connectivity index (χ3n) is 2.93. The molecule has 0 aliphatic carbocycles. The number of nitrogens with two attached hydrogens (primary N) is 1. The average molecular weight is 330 g/mol. The molecule has 0 saturated carbocycles. The number of hydrogen-bond donors (Lipinski definition) is 2. The van der Waals surface area contributed by atoms with E-state index in [1.54, 1.807) is 13.1 Å². The first-order valence-electron chi connectivity index (χ1n) is 6.32. The number of nitrogens with one attached hydrogen (secondary N) is 1. The van der Waals surface area contributed by atoms with Crippen LogP contribution in [0.25, 0.3) is 0 Å². The molecule has 0 radical (unpaired) electrons. The van der Waals surface area contributed by atoms with Gasteiger partial charge in [-0.2, -0.15) is 0 Å². The molecule has 0 aliphatic rings. The van der Waals surface area contributed by atoms with Crippen LogP contribution in [0.5, 0.6) is 0 Å². The Bertz CT molecular complexity index is 733. The van der Waals surface area contributed by atoms with Gasteiger partial charge in [0.15, 0.2) is 0 Å². The van der Waals surface area contributed by atoms with Gasteiger partial charge >= 0.3 is 0 Å². The van der Waals surface area contributed by atoms with Crippen LogP contribution >= 0.6 is 11.6 Å². The van der Waals surface area contributed by atoms with Crippen LogP contribution in [-0.4, -0.2) is 13.4 Å². The van der Waals surface area contributed by atoms with Crippen LogP contribution in [0.4, 0.5) is 5.69 Å². The zero-order chi connectivity index (χ0) is 15.6. The van der Waals surface area contributed by atoms with Crippen molar-refractivity contribution in [1.82, 2.24) is 9.71 Å². The lowest BCUT2D eigenvalue weighted by molar-refractivity contribution is 0.452. The molecule has 21 heavy (non-hydrogen) atoms. The van der Waals surface area contributed by atoms with Crippen LogP contribution in [0.3, 0.4) is 0 Å². The predicted molar refractivity (Wildman–Crippen MR) is 80.5 cm³/mol. The summed E-state index contributed by atoms with van der Waals surface area (Å²) in [6.07, 6.45) is 2.28. The van der Waals surface area contributed by atoms with Crippen molar-refractivity contribution in [2.75, 3.05) is 5.73 Å². The highest BCUT2D eigenvalue weighted by molar-refractivity contribution is 7.89. The molecule has 0 amide bonds. The second kappa shape index (κ2) is 6.05. The van der Waals surface area contributed by atoms with Gasteiger partial charge in [0.1, 0.15) is 5.76 Å². The fraction of sp³-hybridized carbons (Fsp3) is 0.308. The molecule has 6 nitrogen and oxygen atoms in total. The number of hydrogen-bond acceptors (Lipinski definition) is 5. The standard InChI is InChI=1S/C13H16ClN3O3S/c1-3-9-6-16-12(20-9)7-17-21(18,19)10-4-8(2)13(14)11(15)5-10/h4-6,17H,3,7,15H2,1-2H3.